The van der Waals surface area contributed by atoms with E-state index in [-0.39, 0.29) is 0 Å². The number of anilines is 1. The molecule has 1 rings (SSSR count). The quantitative estimate of drug-likeness (QED) is 0.808. The summed E-state index contributed by atoms with van der Waals surface area (Å²) < 4.78 is 6.05. The van der Waals surface area contributed by atoms with E-state index in [1.165, 1.54) is 0 Å². The Morgan fingerprint density at radius 3 is 2.85 bits per heavy atom. The fourth-order valence-electron chi connectivity index (χ4n) is 0.960. The zero-order chi connectivity index (χ0) is 9.84. The lowest BCUT2D eigenvalue weighted by Gasteiger charge is -2.08. The van der Waals surface area contributed by atoms with E-state index in [4.69, 9.17) is 15.7 Å². The molecule has 0 amide bonds. The van der Waals surface area contributed by atoms with Crippen LogP contribution >= 0.6 is 15.9 Å². The van der Waals surface area contributed by atoms with Crippen LogP contribution in [0.5, 0.6) is 5.75 Å². The van der Waals surface area contributed by atoms with Gasteiger partial charge in [-0.25, -0.2) is 0 Å². The maximum Gasteiger partial charge on any atom is 0.144 e. The summed E-state index contributed by atoms with van der Waals surface area (Å²) in [7, 11) is 0. The molecule has 1 aromatic rings. The second kappa shape index (κ2) is 4.15. The summed E-state index contributed by atoms with van der Waals surface area (Å²) in [5.41, 5.74) is 6.50. The first-order chi connectivity index (χ1) is 6.19. The largest absolute Gasteiger partial charge is 0.492 e. The van der Waals surface area contributed by atoms with Crippen LogP contribution in [0.4, 0.5) is 5.69 Å². The molecule has 0 fully saturated rings. The van der Waals surface area contributed by atoms with E-state index in [0.29, 0.717) is 23.6 Å². The van der Waals surface area contributed by atoms with Crippen molar-refractivity contribution in [2.75, 3.05) is 12.3 Å². The van der Waals surface area contributed by atoms with Crippen LogP contribution in [-0.2, 0) is 0 Å². The van der Waals surface area contributed by atoms with Crippen molar-refractivity contribution in [3.63, 3.8) is 0 Å². The van der Waals surface area contributed by atoms with Crippen LogP contribution in [0.25, 0.3) is 0 Å². The minimum absolute atomic E-state index is 0.396. The topological polar surface area (TPSA) is 59.0 Å². The highest BCUT2D eigenvalue weighted by Gasteiger charge is 2.06. The van der Waals surface area contributed by atoms with Gasteiger partial charge in [-0.2, -0.15) is 5.26 Å². The molecule has 0 aromatic heterocycles. The molecule has 0 aliphatic carbocycles. The molecular formula is C9H9BrN2O. The van der Waals surface area contributed by atoms with Crippen molar-refractivity contribution in [2.45, 2.75) is 6.92 Å². The van der Waals surface area contributed by atoms with Crippen molar-refractivity contribution >= 4 is 21.6 Å². The van der Waals surface area contributed by atoms with Crippen LogP contribution in [0.2, 0.25) is 0 Å². The summed E-state index contributed by atoms with van der Waals surface area (Å²) in [6.45, 7) is 2.40. The van der Waals surface area contributed by atoms with Gasteiger partial charge in [-0.3, -0.25) is 0 Å². The Hall–Kier alpha value is -1.21. The van der Waals surface area contributed by atoms with E-state index < -0.39 is 0 Å². The molecule has 1 aromatic carbocycles. The molecule has 0 atom stereocenters. The molecule has 0 saturated heterocycles. The third kappa shape index (κ3) is 2.13. The molecule has 0 unspecified atom stereocenters. The predicted octanol–water partition coefficient (Wildman–Crippen LogP) is 2.30. The molecule has 0 aliphatic rings. The number of hydrogen-bond donors (Lipinski definition) is 1. The summed E-state index contributed by atoms with van der Waals surface area (Å²) in [6, 6.07) is 5.41. The first-order valence-electron chi connectivity index (χ1n) is 3.81. The first kappa shape index (κ1) is 9.87. The summed E-state index contributed by atoms with van der Waals surface area (Å²) >= 11 is 3.27. The van der Waals surface area contributed by atoms with Crippen molar-refractivity contribution < 1.29 is 4.74 Å². The van der Waals surface area contributed by atoms with Crippen LogP contribution in [0, 0.1) is 11.3 Å². The van der Waals surface area contributed by atoms with Gasteiger partial charge in [0.15, 0.2) is 0 Å². The Balaban J connectivity index is 3.21. The van der Waals surface area contributed by atoms with Gasteiger partial charge in [0.1, 0.15) is 11.8 Å². The molecule has 68 valence electrons. The maximum absolute atomic E-state index is 8.73. The molecule has 0 spiro atoms. The molecule has 13 heavy (non-hydrogen) atoms. The standard InChI is InChI=1S/C9H9BrN2O/c1-2-13-8-4-7(10)3-6(5-11)9(8)12/h3-4H,2,12H2,1H3. The third-order valence-corrected chi connectivity index (χ3v) is 1.98. The lowest BCUT2D eigenvalue weighted by atomic mass is 10.2. The lowest BCUT2D eigenvalue weighted by molar-refractivity contribution is 0.342. The normalized spacial score (nSPS) is 9.31. The highest BCUT2D eigenvalue weighted by Crippen LogP contribution is 2.29. The Morgan fingerprint density at radius 2 is 2.31 bits per heavy atom. The van der Waals surface area contributed by atoms with Gasteiger partial charge in [0.25, 0.3) is 0 Å². The molecule has 4 heteroatoms. The molecular weight excluding hydrogens is 232 g/mol. The van der Waals surface area contributed by atoms with Crippen LogP contribution in [0.1, 0.15) is 12.5 Å². The second-order valence-corrected chi connectivity index (χ2v) is 3.33. The average Bonchev–Trinajstić information content (AvgIpc) is 2.11. The number of ether oxygens (including phenoxy) is 1. The fourth-order valence-corrected chi connectivity index (χ4v) is 1.40. The zero-order valence-electron chi connectivity index (χ0n) is 7.17. The van der Waals surface area contributed by atoms with Gasteiger partial charge in [-0.15, -0.1) is 0 Å². The fraction of sp³-hybridized carbons (Fsp3) is 0.222. The van der Waals surface area contributed by atoms with Crippen LogP contribution in [0.3, 0.4) is 0 Å². The number of nitrogen functional groups attached to an aromatic ring is 1. The molecule has 0 saturated carbocycles. The highest BCUT2D eigenvalue weighted by atomic mass is 79.9. The third-order valence-electron chi connectivity index (χ3n) is 1.53. The second-order valence-electron chi connectivity index (χ2n) is 2.41. The van der Waals surface area contributed by atoms with E-state index in [1.54, 1.807) is 12.1 Å². The van der Waals surface area contributed by atoms with E-state index in [1.807, 2.05) is 13.0 Å². The van der Waals surface area contributed by atoms with Gasteiger partial charge in [-0.1, -0.05) is 15.9 Å². The SMILES string of the molecule is CCOc1cc(Br)cc(C#N)c1N. The number of nitriles is 1. The van der Waals surface area contributed by atoms with Crippen molar-refractivity contribution in [1.82, 2.24) is 0 Å². The van der Waals surface area contributed by atoms with Crippen molar-refractivity contribution in [2.24, 2.45) is 0 Å². The van der Waals surface area contributed by atoms with Gasteiger partial charge in [0.05, 0.1) is 17.9 Å². The number of rotatable bonds is 2. The van der Waals surface area contributed by atoms with E-state index >= 15 is 0 Å². The summed E-state index contributed by atoms with van der Waals surface area (Å²) in [5.74, 6) is 0.549. The molecule has 0 bridgehead atoms. The zero-order valence-corrected chi connectivity index (χ0v) is 8.76. The minimum Gasteiger partial charge on any atom is -0.492 e. The van der Waals surface area contributed by atoms with Crippen LogP contribution < -0.4 is 10.5 Å². The van der Waals surface area contributed by atoms with Crippen LogP contribution in [-0.4, -0.2) is 6.61 Å². The minimum atomic E-state index is 0.396. The first-order valence-corrected chi connectivity index (χ1v) is 4.60. The summed E-state index contributed by atoms with van der Waals surface area (Å²) in [5, 5.41) is 8.73. The van der Waals surface area contributed by atoms with Crippen molar-refractivity contribution in [3.8, 4) is 11.8 Å². The van der Waals surface area contributed by atoms with Gasteiger partial charge < -0.3 is 10.5 Å². The van der Waals surface area contributed by atoms with E-state index in [9.17, 15) is 0 Å². The van der Waals surface area contributed by atoms with Gasteiger partial charge in [0.2, 0.25) is 0 Å². The Labute approximate surface area is 85.2 Å². The van der Waals surface area contributed by atoms with Crippen molar-refractivity contribution in [3.05, 3.63) is 22.2 Å². The molecule has 0 radical (unpaired) electrons. The van der Waals surface area contributed by atoms with Gasteiger partial charge in [-0.05, 0) is 19.1 Å². The van der Waals surface area contributed by atoms with Crippen molar-refractivity contribution in [1.29, 1.82) is 5.26 Å². The average molecular weight is 241 g/mol. The number of nitrogens with two attached hydrogens (primary N) is 1. The number of nitrogens with zero attached hydrogens (tertiary/aromatic N) is 1. The monoisotopic (exact) mass is 240 g/mol. The number of halogens is 1. The summed E-state index contributed by atoms with van der Waals surface area (Å²) in [4.78, 5) is 0. The Bertz CT molecular complexity index is 357. The highest BCUT2D eigenvalue weighted by molar-refractivity contribution is 9.10. The summed E-state index contributed by atoms with van der Waals surface area (Å²) in [6.07, 6.45) is 0. The van der Waals surface area contributed by atoms with E-state index in [0.717, 1.165) is 4.47 Å². The number of hydrogen-bond acceptors (Lipinski definition) is 3. The molecule has 2 N–H and O–H groups in total. The molecule has 0 heterocycles. The Morgan fingerprint density at radius 1 is 1.62 bits per heavy atom. The lowest BCUT2D eigenvalue weighted by Crippen LogP contribution is -1.99. The maximum atomic E-state index is 8.73. The predicted molar refractivity (Wildman–Crippen MR) is 54.4 cm³/mol. The smallest absolute Gasteiger partial charge is 0.144 e. The molecule has 0 aliphatic heterocycles. The molecule has 3 nitrogen and oxygen atoms in total. The van der Waals surface area contributed by atoms with E-state index in [2.05, 4.69) is 15.9 Å². The van der Waals surface area contributed by atoms with Gasteiger partial charge in [0, 0.05) is 4.47 Å². The Kier molecular flexibility index (Phi) is 3.15. The number of benzene rings is 1. The van der Waals surface area contributed by atoms with Gasteiger partial charge >= 0.3 is 0 Å². The van der Waals surface area contributed by atoms with Crippen LogP contribution in [0.15, 0.2) is 16.6 Å².